The van der Waals surface area contributed by atoms with E-state index in [-0.39, 0.29) is 0 Å². The molecule has 1 aliphatic heterocycles. The number of rotatable bonds is 4. The smallest absolute Gasteiger partial charge is 0.119 e. The van der Waals surface area contributed by atoms with Crippen molar-refractivity contribution in [1.29, 1.82) is 0 Å². The van der Waals surface area contributed by atoms with E-state index in [9.17, 15) is 5.11 Å². The van der Waals surface area contributed by atoms with Gasteiger partial charge in [0.05, 0.1) is 26.4 Å². The van der Waals surface area contributed by atoms with Crippen LogP contribution in [0, 0.1) is 0 Å². The lowest BCUT2D eigenvalue weighted by atomic mass is 10.1. The van der Waals surface area contributed by atoms with Crippen molar-refractivity contribution in [2.45, 2.75) is 6.10 Å². The summed E-state index contributed by atoms with van der Waals surface area (Å²) in [4.78, 5) is 2.22. The Bertz CT molecular complexity index is 350. The SMILES string of the molecule is COc1cccc([C@@H](O)CN2CCOCC2)c1. The maximum Gasteiger partial charge on any atom is 0.119 e. The molecule has 0 unspecified atom stereocenters. The molecule has 1 fully saturated rings. The Morgan fingerprint density at radius 2 is 2.18 bits per heavy atom. The first-order chi connectivity index (χ1) is 8.29. The van der Waals surface area contributed by atoms with Gasteiger partial charge in [-0.1, -0.05) is 12.1 Å². The summed E-state index contributed by atoms with van der Waals surface area (Å²) in [5.41, 5.74) is 0.899. The fourth-order valence-corrected chi connectivity index (χ4v) is 1.98. The number of aliphatic hydroxyl groups is 1. The molecule has 0 radical (unpaired) electrons. The molecule has 1 aromatic rings. The molecule has 1 atom stereocenters. The molecule has 4 nitrogen and oxygen atoms in total. The lowest BCUT2D eigenvalue weighted by molar-refractivity contribution is 0.0143. The maximum atomic E-state index is 10.2. The van der Waals surface area contributed by atoms with Crippen LogP contribution in [-0.2, 0) is 4.74 Å². The molecule has 2 rings (SSSR count). The van der Waals surface area contributed by atoms with E-state index in [2.05, 4.69) is 4.90 Å². The second-order valence-corrected chi connectivity index (χ2v) is 4.21. The van der Waals surface area contributed by atoms with Crippen LogP contribution in [0.2, 0.25) is 0 Å². The molecule has 1 saturated heterocycles. The number of methoxy groups -OCH3 is 1. The van der Waals surface area contributed by atoms with Gasteiger partial charge in [-0.2, -0.15) is 0 Å². The number of aliphatic hydroxyl groups excluding tert-OH is 1. The van der Waals surface area contributed by atoms with Crippen LogP contribution in [0.3, 0.4) is 0 Å². The average Bonchev–Trinajstić information content (AvgIpc) is 2.40. The number of morpholine rings is 1. The van der Waals surface area contributed by atoms with Gasteiger partial charge in [-0.3, -0.25) is 4.90 Å². The second-order valence-electron chi connectivity index (χ2n) is 4.21. The van der Waals surface area contributed by atoms with E-state index in [4.69, 9.17) is 9.47 Å². The van der Waals surface area contributed by atoms with Crippen molar-refractivity contribution in [1.82, 2.24) is 4.90 Å². The molecular formula is C13H19NO3. The Morgan fingerprint density at radius 3 is 2.88 bits per heavy atom. The third kappa shape index (κ3) is 3.43. The summed E-state index contributed by atoms with van der Waals surface area (Å²) < 4.78 is 10.4. The molecule has 0 bridgehead atoms. The summed E-state index contributed by atoms with van der Waals surface area (Å²) in [7, 11) is 1.63. The molecule has 0 aliphatic carbocycles. The van der Waals surface area contributed by atoms with Crippen LogP contribution < -0.4 is 4.74 Å². The van der Waals surface area contributed by atoms with Crippen LogP contribution in [0.1, 0.15) is 11.7 Å². The first-order valence-corrected chi connectivity index (χ1v) is 5.91. The summed E-state index contributed by atoms with van der Waals surface area (Å²) in [5, 5.41) is 10.2. The van der Waals surface area contributed by atoms with E-state index in [1.54, 1.807) is 7.11 Å². The van der Waals surface area contributed by atoms with Crippen molar-refractivity contribution >= 4 is 0 Å². The first kappa shape index (κ1) is 12.4. The van der Waals surface area contributed by atoms with Crippen molar-refractivity contribution in [2.24, 2.45) is 0 Å². The van der Waals surface area contributed by atoms with Crippen LogP contribution in [0.25, 0.3) is 0 Å². The minimum atomic E-state index is -0.469. The van der Waals surface area contributed by atoms with Gasteiger partial charge < -0.3 is 14.6 Å². The summed E-state index contributed by atoms with van der Waals surface area (Å²) in [5.74, 6) is 0.781. The van der Waals surface area contributed by atoms with Crippen LogP contribution in [0.4, 0.5) is 0 Å². The summed E-state index contributed by atoms with van der Waals surface area (Å²) in [6.45, 7) is 3.94. The Morgan fingerprint density at radius 1 is 1.41 bits per heavy atom. The highest BCUT2D eigenvalue weighted by molar-refractivity contribution is 5.29. The lowest BCUT2D eigenvalue weighted by Gasteiger charge is -2.28. The highest BCUT2D eigenvalue weighted by Crippen LogP contribution is 2.20. The number of benzene rings is 1. The molecule has 17 heavy (non-hydrogen) atoms. The van der Waals surface area contributed by atoms with Gasteiger partial charge >= 0.3 is 0 Å². The molecule has 94 valence electrons. The Balaban J connectivity index is 1.95. The molecule has 4 heteroatoms. The molecule has 0 amide bonds. The Kier molecular flexibility index (Phi) is 4.36. The van der Waals surface area contributed by atoms with Gasteiger partial charge in [-0.15, -0.1) is 0 Å². The molecular weight excluding hydrogens is 218 g/mol. The van der Waals surface area contributed by atoms with Gasteiger partial charge in [0.15, 0.2) is 0 Å². The molecule has 0 spiro atoms. The van der Waals surface area contributed by atoms with E-state index in [1.165, 1.54) is 0 Å². The average molecular weight is 237 g/mol. The zero-order valence-electron chi connectivity index (χ0n) is 10.1. The van der Waals surface area contributed by atoms with Crippen LogP contribution >= 0.6 is 0 Å². The first-order valence-electron chi connectivity index (χ1n) is 5.91. The van der Waals surface area contributed by atoms with Crippen molar-refractivity contribution in [3.05, 3.63) is 29.8 Å². The number of ether oxygens (including phenoxy) is 2. The van der Waals surface area contributed by atoms with Crippen molar-refractivity contribution in [2.75, 3.05) is 40.0 Å². The third-order valence-corrected chi connectivity index (χ3v) is 3.01. The van der Waals surface area contributed by atoms with E-state index in [1.807, 2.05) is 24.3 Å². The molecule has 1 aliphatic rings. The molecule has 0 aromatic heterocycles. The highest BCUT2D eigenvalue weighted by Gasteiger charge is 2.16. The summed E-state index contributed by atoms with van der Waals surface area (Å²) in [6.07, 6.45) is -0.469. The fourth-order valence-electron chi connectivity index (χ4n) is 1.98. The zero-order chi connectivity index (χ0) is 12.1. The number of β-amino-alcohol motifs (C(OH)–C–C–N with tert-alkyl or cyclic N) is 1. The quantitative estimate of drug-likeness (QED) is 0.850. The van der Waals surface area contributed by atoms with Gasteiger partial charge in [0.2, 0.25) is 0 Å². The minimum absolute atomic E-state index is 0.469. The Labute approximate surface area is 102 Å². The van der Waals surface area contributed by atoms with E-state index in [0.717, 1.165) is 37.6 Å². The topological polar surface area (TPSA) is 41.9 Å². The van der Waals surface area contributed by atoms with E-state index >= 15 is 0 Å². The number of hydrogen-bond donors (Lipinski definition) is 1. The van der Waals surface area contributed by atoms with Gasteiger partial charge in [-0.05, 0) is 17.7 Å². The predicted molar refractivity (Wildman–Crippen MR) is 65.2 cm³/mol. The summed E-state index contributed by atoms with van der Waals surface area (Å²) in [6, 6.07) is 7.58. The molecule has 0 saturated carbocycles. The van der Waals surface area contributed by atoms with Gasteiger partial charge in [0.1, 0.15) is 5.75 Å². The molecule has 1 aromatic carbocycles. The Hall–Kier alpha value is -1.10. The number of nitrogens with zero attached hydrogens (tertiary/aromatic N) is 1. The normalized spacial score (nSPS) is 18.9. The number of hydrogen-bond acceptors (Lipinski definition) is 4. The van der Waals surface area contributed by atoms with Crippen LogP contribution in [0.15, 0.2) is 24.3 Å². The summed E-state index contributed by atoms with van der Waals surface area (Å²) >= 11 is 0. The van der Waals surface area contributed by atoms with Crippen LogP contribution in [0.5, 0.6) is 5.75 Å². The van der Waals surface area contributed by atoms with E-state index < -0.39 is 6.10 Å². The monoisotopic (exact) mass is 237 g/mol. The second kappa shape index (κ2) is 6.00. The van der Waals surface area contributed by atoms with Gasteiger partial charge in [-0.25, -0.2) is 0 Å². The zero-order valence-corrected chi connectivity index (χ0v) is 10.1. The van der Waals surface area contributed by atoms with Crippen molar-refractivity contribution in [3.8, 4) is 5.75 Å². The maximum absolute atomic E-state index is 10.2. The van der Waals surface area contributed by atoms with Crippen molar-refractivity contribution < 1.29 is 14.6 Å². The molecule has 1 heterocycles. The predicted octanol–water partition coefficient (Wildman–Crippen LogP) is 1.06. The van der Waals surface area contributed by atoms with Gasteiger partial charge in [0, 0.05) is 19.6 Å². The fraction of sp³-hybridized carbons (Fsp3) is 0.538. The third-order valence-electron chi connectivity index (χ3n) is 3.01. The lowest BCUT2D eigenvalue weighted by Crippen LogP contribution is -2.38. The van der Waals surface area contributed by atoms with E-state index in [0.29, 0.717) is 6.54 Å². The highest BCUT2D eigenvalue weighted by atomic mass is 16.5. The van der Waals surface area contributed by atoms with Gasteiger partial charge in [0.25, 0.3) is 0 Å². The standard InChI is InChI=1S/C13H19NO3/c1-16-12-4-2-3-11(9-12)13(15)10-14-5-7-17-8-6-14/h2-4,9,13,15H,5-8,10H2,1H3/t13-/m0/s1. The van der Waals surface area contributed by atoms with Crippen LogP contribution in [-0.4, -0.2) is 50.0 Å². The van der Waals surface area contributed by atoms with Crippen molar-refractivity contribution in [3.63, 3.8) is 0 Å². The largest absolute Gasteiger partial charge is 0.497 e. The minimum Gasteiger partial charge on any atom is -0.497 e. The molecule has 1 N–H and O–H groups in total.